The van der Waals surface area contributed by atoms with Gasteiger partial charge in [0.05, 0.1) is 6.04 Å². The lowest BCUT2D eigenvalue weighted by atomic mass is 9.92. The smallest absolute Gasteiger partial charge is 0.255 e. The van der Waals surface area contributed by atoms with Gasteiger partial charge in [-0.05, 0) is 43.7 Å². The largest absolute Gasteiger partial charge is 0.307 e. The summed E-state index contributed by atoms with van der Waals surface area (Å²) in [5.74, 6) is -1.00. The number of ketones is 2. The van der Waals surface area contributed by atoms with E-state index in [9.17, 15) is 14.4 Å². The summed E-state index contributed by atoms with van der Waals surface area (Å²) in [4.78, 5) is 38.9. The van der Waals surface area contributed by atoms with Crippen molar-refractivity contribution in [2.75, 3.05) is 0 Å². The maximum absolute atomic E-state index is 12.9. The number of nitrogens with zero attached hydrogens (tertiary/aromatic N) is 1. The van der Waals surface area contributed by atoms with Gasteiger partial charge in [-0.15, -0.1) is 0 Å². The topological polar surface area (TPSA) is 54.2 Å². The maximum Gasteiger partial charge on any atom is 0.255 e. The molecule has 0 radical (unpaired) electrons. The van der Waals surface area contributed by atoms with Crippen molar-refractivity contribution < 1.29 is 14.4 Å². The van der Waals surface area contributed by atoms with Crippen molar-refractivity contribution in [3.8, 4) is 0 Å². The molecule has 122 valence electrons. The Hall–Kier alpha value is -2.46. The van der Waals surface area contributed by atoms with Crippen LogP contribution in [0.2, 0.25) is 5.02 Å². The molecule has 1 aliphatic heterocycles. The van der Waals surface area contributed by atoms with Crippen LogP contribution in [-0.4, -0.2) is 27.9 Å². The van der Waals surface area contributed by atoms with Gasteiger partial charge in [-0.3, -0.25) is 14.4 Å². The normalized spacial score (nSPS) is 18.1. The van der Waals surface area contributed by atoms with Gasteiger partial charge in [0.2, 0.25) is 0 Å². The van der Waals surface area contributed by atoms with E-state index in [2.05, 4.69) is 0 Å². The van der Waals surface area contributed by atoms with Gasteiger partial charge in [-0.25, -0.2) is 0 Å². The van der Waals surface area contributed by atoms with Crippen molar-refractivity contribution in [3.05, 3.63) is 70.7 Å². The van der Waals surface area contributed by atoms with E-state index in [1.54, 1.807) is 54.6 Å². The first-order valence-electron chi connectivity index (χ1n) is 7.57. The van der Waals surface area contributed by atoms with Crippen LogP contribution in [0.5, 0.6) is 0 Å². The fourth-order valence-corrected chi connectivity index (χ4v) is 3.42. The van der Waals surface area contributed by atoms with Crippen LogP contribution >= 0.6 is 11.6 Å². The highest BCUT2D eigenvalue weighted by Gasteiger charge is 2.72. The van der Waals surface area contributed by atoms with Crippen molar-refractivity contribution >= 4 is 29.1 Å². The Morgan fingerprint density at radius 2 is 1.46 bits per heavy atom. The Morgan fingerprint density at radius 3 is 1.96 bits per heavy atom. The highest BCUT2D eigenvalue weighted by Crippen LogP contribution is 2.55. The average Bonchev–Trinajstić information content (AvgIpc) is 3.27. The second-order valence-electron chi connectivity index (χ2n) is 5.87. The van der Waals surface area contributed by atoms with Crippen LogP contribution in [0.1, 0.15) is 35.8 Å². The quantitative estimate of drug-likeness (QED) is 0.632. The first-order valence-corrected chi connectivity index (χ1v) is 7.94. The van der Waals surface area contributed by atoms with Gasteiger partial charge in [0, 0.05) is 10.6 Å². The summed E-state index contributed by atoms with van der Waals surface area (Å²) in [7, 11) is 0. The molecule has 5 heteroatoms. The van der Waals surface area contributed by atoms with Crippen LogP contribution < -0.4 is 0 Å². The van der Waals surface area contributed by atoms with E-state index in [4.69, 9.17) is 11.6 Å². The molecule has 4 nitrogen and oxygen atoms in total. The van der Waals surface area contributed by atoms with Crippen LogP contribution in [0.15, 0.2) is 54.6 Å². The molecule has 2 aromatic carbocycles. The molecular weight excluding hydrogens is 326 g/mol. The minimum absolute atomic E-state index is 0.332. The van der Waals surface area contributed by atoms with E-state index in [0.29, 0.717) is 16.1 Å². The number of hydrogen-bond acceptors (Lipinski definition) is 3. The Bertz CT molecular complexity index is 800. The minimum atomic E-state index is -1.43. The summed E-state index contributed by atoms with van der Waals surface area (Å²) >= 11 is 5.91. The third kappa shape index (κ3) is 2.34. The molecule has 0 unspecified atom stereocenters. The molecule has 24 heavy (non-hydrogen) atoms. The predicted molar refractivity (Wildman–Crippen MR) is 90.9 cm³/mol. The van der Waals surface area contributed by atoms with Crippen LogP contribution in [0, 0.1) is 0 Å². The summed E-state index contributed by atoms with van der Waals surface area (Å²) in [5, 5.41) is 0.552. The number of Topliss-reactive ketones (excluding diaryl/α,β-unsaturated/α-hetero) is 2. The van der Waals surface area contributed by atoms with Crippen molar-refractivity contribution in [1.29, 1.82) is 0 Å². The molecule has 2 aromatic rings. The fraction of sp³-hybridized carbons (Fsp3) is 0.211. The highest BCUT2D eigenvalue weighted by atomic mass is 35.5. The molecule has 0 aliphatic carbocycles. The SMILES string of the molecule is CC(=O)C1(C(C)=O)[C@@H](c2ccc(Cl)cc2)N1C(=O)c1ccccc1. The predicted octanol–water partition coefficient (Wildman–Crippen LogP) is 3.45. The number of amides is 1. The van der Waals surface area contributed by atoms with Crippen LogP contribution in [0.3, 0.4) is 0 Å². The van der Waals surface area contributed by atoms with Crippen molar-refractivity contribution in [1.82, 2.24) is 4.90 Å². The Labute approximate surface area is 145 Å². The molecular formula is C19H16ClNO3. The molecule has 0 spiro atoms. The summed E-state index contributed by atoms with van der Waals surface area (Å²) in [5.41, 5.74) is -0.268. The van der Waals surface area contributed by atoms with Crippen LogP contribution in [0.25, 0.3) is 0 Å². The molecule has 0 saturated carbocycles. The molecule has 1 heterocycles. The second kappa shape index (κ2) is 5.87. The average molecular weight is 342 g/mol. The van der Waals surface area contributed by atoms with Crippen molar-refractivity contribution in [3.63, 3.8) is 0 Å². The van der Waals surface area contributed by atoms with E-state index in [-0.39, 0.29) is 17.5 Å². The summed E-state index contributed by atoms with van der Waals surface area (Å²) in [6, 6.07) is 14.9. The lowest BCUT2D eigenvalue weighted by Crippen LogP contribution is -2.37. The number of hydrogen-bond donors (Lipinski definition) is 0. The zero-order chi connectivity index (χ0) is 17.5. The third-order valence-electron chi connectivity index (χ3n) is 4.46. The Morgan fingerprint density at radius 1 is 0.917 bits per heavy atom. The van der Waals surface area contributed by atoms with Gasteiger partial charge in [0.25, 0.3) is 5.91 Å². The molecule has 1 amide bonds. The molecule has 0 aromatic heterocycles. The van der Waals surface area contributed by atoms with E-state index < -0.39 is 11.6 Å². The lowest BCUT2D eigenvalue weighted by molar-refractivity contribution is -0.129. The van der Waals surface area contributed by atoms with Gasteiger partial charge in [-0.1, -0.05) is 41.9 Å². The highest BCUT2D eigenvalue weighted by molar-refractivity contribution is 6.30. The summed E-state index contributed by atoms with van der Waals surface area (Å²) in [6.07, 6.45) is 0. The van der Waals surface area contributed by atoms with Gasteiger partial charge >= 0.3 is 0 Å². The second-order valence-corrected chi connectivity index (χ2v) is 6.31. The van der Waals surface area contributed by atoms with E-state index in [0.717, 1.165) is 0 Å². The maximum atomic E-state index is 12.9. The standard InChI is InChI=1S/C19H16ClNO3/c1-12(22)19(13(2)23)17(14-8-10-16(20)11-9-14)21(19)18(24)15-6-4-3-5-7-15/h3-11,17H,1-2H3/t17-,21?/m1/s1. The summed E-state index contributed by atoms with van der Waals surface area (Å²) in [6.45, 7) is 2.70. The molecule has 1 saturated heterocycles. The zero-order valence-corrected chi connectivity index (χ0v) is 14.1. The Kier molecular flexibility index (Phi) is 4.01. The number of benzene rings is 2. The van der Waals surface area contributed by atoms with Gasteiger partial charge in [0.15, 0.2) is 17.1 Å². The molecule has 1 aliphatic rings. The van der Waals surface area contributed by atoms with Crippen LogP contribution in [0.4, 0.5) is 0 Å². The van der Waals surface area contributed by atoms with Gasteiger partial charge < -0.3 is 4.90 Å². The minimum Gasteiger partial charge on any atom is -0.307 e. The summed E-state index contributed by atoms with van der Waals surface area (Å²) < 4.78 is 0. The molecule has 1 fully saturated rings. The van der Waals surface area contributed by atoms with E-state index in [1.807, 2.05) is 0 Å². The Balaban J connectivity index is 2.08. The first-order chi connectivity index (χ1) is 11.4. The van der Waals surface area contributed by atoms with E-state index >= 15 is 0 Å². The van der Waals surface area contributed by atoms with E-state index in [1.165, 1.54) is 18.7 Å². The fourth-order valence-electron chi connectivity index (χ4n) is 3.30. The number of carbonyl (C=O) groups excluding carboxylic acids is 3. The van der Waals surface area contributed by atoms with Gasteiger partial charge in [0.1, 0.15) is 0 Å². The third-order valence-corrected chi connectivity index (χ3v) is 4.72. The molecule has 0 bridgehead atoms. The lowest BCUT2D eigenvalue weighted by Gasteiger charge is -2.10. The van der Waals surface area contributed by atoms with Gasteiger partial charge in [-0.2, -0.15) is 0 Å². The molecule has 1 atom stereocenters. The molecule has 3 rings (SSSR count). The first kappa shape index (κ1) is 16.4. The zero-order valence-electron chi connectivity index (χ0n) is 13.3. The number of rotatable bonds is 4. The number of carbonyl (C=O) groups is 3. The van der Waals surface area contributed by atoms with Crippen molar-refractivity contribution in [2.45, 2.75) is 25.4 Å². The monoisotopic (exact) mass is 341 g/mol. The van der Waals surface area contributed by atoms with Crippen molar-refractivity contribution in [2.24, 2.45) is 0 Å². The molecule has 0 N–H and O–H groups in total. The van der Waals surface area contributed by atoms with Crippen LogP contribution in [-0.2, 0) is 9.59 Å². The number of halogens is 1.